The number of pyridine rings is 2. The molecule has 1 aliphatic rings. The number of benzene rings is 2. The third-order valence-corrected chi connectivity index (χ3v) is 6.58. The Morgan fingerprint density at radius 2 is 1.74 bits per heavy atom. The van der Waals surface area contributed by atoms with Gasteiger partial charge in [0.1, 0.15) is 17.0 Å². The predicted molar refractivity (Wildman–Crippen MR) is 138 cm³/mol. The maximum atomic E-state index is 13.5. The summed E-state index contributed by atoms with van der Waals surface area (Å²) in [7, 11) is 1.66. The van der Waals surface area contributed by atoms with Gasteiger partial charge in [0.05, 0.1) is 19.3 Å². The number of amides is 1. The number of halogens is 1. The van der Waals surface area contributed by atoms with Crippen LogP contribution in [-0.2, 0) is 6.54 Å². The third-order valence-electron chi connectivity index (χ3n) is 6.33. The van der Waals surface area contributed by atoms with E-state index in [-0.39, 0.29) is 17.0 Å². The largest absolute Gasteiger partial charge is 0.495 e. The molecule has 8 heteroatoms. The summed E-state index contributed by atoms with van der Waals surface area (Å²) in [6.45, 7) is 2.63. The molecule has 0 radical (unpaired) electrons. The van der Waals surface area contributed by atoms with Crippen LogP contribution < -0.4 is 15.2 Å². The van der Waals surface area contributed by atoms with E-state index in [0.717, 1.165) is 22.4 Å². The Labute approximate surface area is 208 Å². The van der Waals surface area contributed by atoms with E-state index in [1.54, 1.807) is 47.0 Å². The number of hydrogen-bond acceptors (Lipinski definition) is 5. The summed E-state index contributed by atoms with van der Waals surface area (Å²) in [5, 5.41) is 1.37. The third kappa shape index (κ3) is 4.59. The van der Waals surface area contributed by atoms with E-state index in [1.165, 1.54) is 0 Å². The van der Waals surface area contributed by atoms with Crippen molar-refractivity contribution in [2.75, 3.05) is 38.2 Å². The molecule has 4 aromatic rings. The number of carbonyl (C=O) groups excluding carboxylic acids is 1. The Bertz CT molecular complexity index is 1430. The summed E-state index contributed by atoms with van der Waals surface area (Å²) < 4.78 is 7.05. The molecule has 178 valence electrons. The number of hydrogen-bond donors (Lipinski definition) is 0. The van der Waals surface area contributed by atoms with Crippen LogP contribution in [0, 0.1) is 0 Å². The zero-order chi connectivity index (χ0) is 24.4. The van der Waals surface area contributed by atoms with E-state index in [2.05, 4.69) is 9.88 Å². The van der Waals surface area contributed by atoms with E-state index in [0.29, 0.717) is 43.4 Å². The minimum absolute atomic E-state index is 0.158. The fourth-order valence-electron chi connectivity index (χ4n) is 4.49. The predicted octanol–water partition coefficient (Wildman–Crippen LogP) is 4.07. The quantitative estimate of drug-likeness (QED) is 0.423. The monoisotopic (exact) mass is 488 g/mol. The van der Waals surface area contributed by atoms with Crippen molar-refractivity contribution in [3.8, 4) is 5.75 Å². The first-order chi connectivity index (χ1) is 17.0. The number of fused-ring (bicyclic) bond motifs is 1. The number of piperazine rings is 1. The van der Waals surface area contributed by atoms with Crippen LogP contribution in [0.25, 0.3) is 11.0 Å². The second-order valence-corrected chi connectivity index (χ2v) is 8.88. The summed E-state index contributed by atoms with van der Waals surface area (Å²) in [6.07, 6.45) is 1.65. The Hall–Kier alpha value is -3.84. The standard InChI is InChI=1S/C27H25ClN4O3/c1-35-24-7-3-2-6-23(24)30-13-15-31(16-14-30)26(33)22-17-20-5-4-12-29-25(20)32(27(22)34)18-19-8-10-21(28)11-9-19/h2-12,17H,13-16,18H2,1H3. The van der Waals surface area contributed by atoms with Crippen LogP contribution in [0.5, 0.6) is 5.75 Å². The molecule has 1 saturated heterocycles. The van der Waals surface area contributed by atoms with E-state index < -0.39 is 0 Å². The minimum Gasteiger partial charge on any atom is -0.495 e. The molecule has 0 aliphatic carbocycles. The van der Waals surface area contributed by atoms with Gasteiger partial charge in [0.2, 0.25) is 0 Å². The number of ether oxygens (including phenoxy) is 1. The van der Waals surface area contributed by atoms with Crippen molar-refractivity contribution < 1.29 is 9.53 Å². The number of methoxy groups -OCH3 is 1. The van der Waals surface area contributed by atoms with Crippen LogP contribution in [0.15, 0.2) is 77.7 Å². The SMILES string of the molecule is COc1ccccc1N1CCN(C(=O)c2cc3cccnc3n(Cc3ccc(Cl)cc3)c2=O)CC1. The van der Waals surface area contributed by atoms with Gasteiger partial charge < -0.3 is 14.5 Å². The molecule has 0 unspecified atom stereocenters. The van der Waals surface area contributed by atoms with Gasteiger partial charge in [-0.3, -0.25) is 14.2 Å². The Morgan fingerprint density at radius 3 is 2.49 bits per heavy atom. The van der Waals surface area contributed by atoms with Gasteiger partial charge in [-0.2, -0.15) is 0 Å². The molecule has 2 aromatic heterocycles. The molecule has 0 bridgehead atoms. The Balaban J connectivity index is 1.43. The van der Waals surface area contributed by atoms with Gasteiger partial charge in [0, 0.05) is 42.8 Å². The van der Waals surface area contributed by atoms with Crippen LogP contribution in [-0.4, -0.2) is 53.6 Å². The lowest BCUT2D eigenvalue weighted by atomic mass is 10.1. The first-order valence-corrected chi connectivity index (χ1v) is 11.8. The second kappa shape index (κ2) is 9.80. The van der Waals surface area contributed by atoms with Crippen molar-refractivity contribution >= 4 is 34.2 Å². The molecule has 1 fully saturated rings. The fourth-order valence-corrected chi connectivity index (χ4v) is 4.62. The first kappa shape index (κ1) is 22.9. The molecule has 7 nitrogen and oxygen atoms in total. The number of anilines is 1. The van der Waals surface area contributed by atoms with Gasteiger partial charge in [0.15, 0.2) is 0 Å². The highest BCUT2D eigenvalue weighted by molar-refractivity contribution is 6.30. The molecule has 0 spiro atoms. The molecular weight excluding hydrogens is 464 g/mol. The topological polar surface area (TPSA) is 67.7 Å². The summed E-state index contributed by atoms with van der Waals surface area (Å²) in [5.41, 5.74) is 2.26. The summed E-state index contributed by atoms with van der Waals surface area (Å²) >= 11 is 6.02. The molecule has 5 rings (SSSR count). The van der Waals surface area contributed by atoms with Crippen molar-refractivity contribution in [2.24, 2.45) is 0 Å². The second-order valence-electron chi connectivity index (χ2n) is 8.44. The molecule has 3 heterocycles. The lowest BCUT2D eigenvalue weighted by molar-refractivity contribution is 0.0744. The van der Waals surface area contributed by atoms with Gasteiger partial charge in [-0.25, -0.2) is 4.98 Å². The lowest BCUT2D eigenvalue weighted by Crippen LogP contribution is -2.50. The number of aromatic nitrogens is 2. The number of carbonyl (C=O) groups is 1. The van der Waals surface area contributed by atoms with Crippen LogP contribution >= 0.6 is 11.6 Å². The number of para-hydroxylation sites is 2. The molecule has 35 heavy (non-hydrogen) atoms. The zero-order valence-electron chi connectivity index (χ0n) is 19.4. The van der Waals surface area contributed by atoms with Gasteiger partial charge in [-0.1, -0.05) is 35.9 Å². The average Bonchev–Trinajstić information content (AvgIpc) is 2.91. The van der Waals surface area contributed by atoms with E-state index >= 15 is 0 Å². The maximum absolute atomic E-state index is 13.5. The van der Waals surface area contributed by atoms with Gasteiger partial charge in [-0.05, 0) is 48.0 Å². The molecule has 1 aliphatic heterocycles. The number of rotatable bonds is 5. The van der Waals surface area contributed by atoms with Crippen molar-refractivity contribution in [3.63, 3.8) is 0 Å². The maximum Gasteiger partial charge on any atom is 0.265 e. The fraction of sp³-hybridized carbons (Fsp3) is 0.222. The highest BCUT2D eigenvalue weighted by atomic mass is 35.5. The summed E-state index contributed by atoms with van der Waals surface area (Å²) in [4.78, 5) is 35.4. The molecule has 0 saturated carbocycles. The van der Waals surface area contributed by atoms with Crippen molar-refractivity contribution in [3.05, 3.63) is 99.4 Å². The molecular formula is C27H25ClN4O3. The summed E-state index contributed by atoms with van der Waals surface area (Å²) in [6, 6.07) is 20.5. The van der Waals surface area contributed by atoms with Crippen molar-refractivity contribution in [2.45, 2.75) is 6.54 Å². The van der Waals surface area contributed by atoms with Crippen LogP contribution in [0.2, 0.25) is 5.02 Å². The van der Waals surface area contributed by atoms with Gasteiger partial charge in [0.25, 0.3) is 11.5 Å². The van der Waals surface area contributed by atoms with Crippen LogP contribution in [0.4, 0.5) is 5.69 Å². The lowest BCUT2D eigenvalue weighted by Gasteiger charge is -2.36. The van der Waals surface area contributed by atoms with Crippen LogP contribution in [0.1, 0.15) is 15.9 Å². The molecule has 2 aromatic carbocycles. The van der Waals surface area contributed by atoms with Crippen molar-refractivity contribution in [1.29, 1.82) is 0 Å². The first-order valence-electron chi connectivity index (χ1n) is 11.5. The molecule has 1 amide bonds. The highest BCUT2D eigenvalue weighted by Crippen LogP contribution is 2.28. The smallest absolute Gasteiger partial charge is 0.265 e. The van der Waals surface area contributed by atoms with Crippen LogP contribution in [0.3, 0.4) is 0 Å². The average molecular weight is 489 g/mol. The number of nitrogens with zero attached hydrogens (tertiary/aromatic N) is 4. The van der Waals surface area contributed by atoms with E-state index in [9.17, 15) is 9.59 Å². The Kier molecular flexibility index (Phi) is 6.42. The zero-order valence-corrected chi connectivity index (χ0v) is 20.1. The molecule has 0 N–H and O–H groups in total. The van der Waals surface area contributed by atoms with Crippen molar-refractivity contribution in [1.82, 2.24) is 14.5 Å². The van der Waals surface area contributed by atoms with E-state index in [4.69, 9.17) is 16.3 Å². The molecule has 0 atom stereocenters. The highest BCUT2D eigenvalue weighted by Gasteiger charge is 2.26. The minimum atomic E-state index is -0.344. The Morgan fingerprint density at radius 1 is 1.00 bits per heavy atom. The van der Waals surface area contributed by atoms with Gasteiger partial charge >= 0.3 is 0 Å². The van der Waals surface area contributed by atoms with Gasteiger partial charge in [-0.15, -0.1) is 0 Å². The normalized spacial score (nSPS) is 13.8. The summed E-state index contributed by atoms with van der Waals surface area (Å²) in [5.74, 6) is 0.546. The van der Waals surface area contributed by atoms with E-state index in [1.807, 2.05) is 42.5 Å².